The van der Waals surface area contributed by atoms with Gasteiger partial charge in [-0.3, -0.25) is 0 Å². The van der Waals surface area contributed by atoms with Gasteiger partial charge in [0, 0.05) is 19.7 Å². The predicted molar refractivity (Wildman–Crippen MR) is 61.7 cm³/mol. The van der Waals surface area contributed by atoms with Gasteiger partial charge in [0.1, 0.15) is 0 Å². The molecule has 1 atom stereocenters. The number of hydrogen-bond donors (Lipinski definition) is 2. The molecule has 0 bridgehead atoms. The van der Waals surface area contributed by atoms with Gasteiger partial charge in [0.15, 0.2) is 0 Å². The number of nitrogens with two attached hydrogens (primary N) is 1. The fourth-order valence-electron chi connectivity index (χ4n) is 2.37. The van der Waals surface area contributed by atoms with Gasteiger partial charge in [0.05, 0.1) is 6.10 Å². The van der Waals surface area contributed by atoms with Crippen molar-refractivity contribution >= 4 is 0 Å². The smallest absolute Gasteiger partial charge is 0.0705 e. The van der Waals surface area contributed by atoms with Crippen molar-refractivity contribution in [3.8, 4) is 0 Å². The molecule has 3 N–H and O–H groups in total. The van der Waals surface area contributed by atoms with Gasteiger partial charge < -0.3 is 15.8 Å². The van der Waals surface area contributed by atoms with E-state index in [0.717, 1.165) is 30.8 Å². The van der Waals surface area contributed by atoms with E-state index in [2.05, 4.69) is 5.32 Å². The largest absolute Gasteiger partial charge is 0.380 e. The Kier molecular flexibility index (Phi) is 4.00. The van der Waals surface area contributed by atoms with Crippen molar-refractivity contribution < 1.29 is 4.74 Å². The van der Waals surface area contributed by atoms with Crippen LogP contribution in [0.25, 0.3) is 0 Å². The fraction of sp³-hybridized carbons (Fsp3) is 1.00. The molecule has 3 heteroatoms. The molecule has 2 aliphatic carbocycles. The van der Waals surface area contributed by atoms with Crippen molar-refractivity contribution in [3.05, 3.63) is 0 Å². The van der Waals surface area contributed by atoms with Crippen LogP contribution in [-0.2, 0) is 4.74 Å². The monoisotopic (exact) mass is 212 g/mol. The molecule has 0 aromatic rings. The molecule has 0 aliphatic heterocycles. The lowest BCUT2D eigenvalue weighted by Crippen LogP contribution is -2.36. The molecule has 3 nitrogen and oxygen atoms in total. The number of methoxy groups -OCH3 is 1. The molecule has 0 heterocycles. The second-order valence-electron chi connectivity index (χ2n) is 5.04. The predicted octanol–water partition coefficient (Wildman–Crippen LogP) is 1.13. The van der Waals surface area contributed by atoms with Crippen LogP contribution in [0.4, 0.5) is 0 Å². The van der Waals surface area contributed by atoms with E-state index >= 15 is 0 Å². The molecule has 88 valence electrons. The first-order chi connectivity index (χ1) is 7.35. The maximum Gasteiger partial charge on any atom is 0.0705 e. The van der Waals surface area contributed by atoms with E-state index in [1.54, 1.807) is 7.11 Å². The summed E-state index contributed by atoms with van der Waals surface area (Å²) in [6, 6.07) is 0.806. The van der Waals surface area contributed by atoms with Crippen molar-refractivity contribution in [2.45, 2.75) is 44.2 Å². The highest BCUT2D eigenvalue weighted by Crippen LogP contribution is 2.44. The summed E-state index contributed by atoms with van der Waals surface area (Å²) < 4.78 is 5.27. The summed E-state index contributed by atoms with van der Waals surface area (Å²) in [4.78, 5) is 0. The summed E-state index contributed by atoms with van der Waals surface area (Å²) in [7, 11) is 1.75. The summed E-state index contributed by atoms with van der Waals surface area (Å²) in [5.74, 6) is 1.97. The van der Waals surface area contributed by atoms with Gasteiger partial charge >= 0.3 is 0 Å². The lowest BCUT2D eigenvalue weighted by atomic mass is 10.1. The second kappa shape index (κ2) is 5.28. The SMILES string of the molecule is COC(CN)CCNC(C1CC1)C1CC1. The zero-order chi connectivity index (χ0) is 10.7. The Morgan fingerprint density at radius 1 is 1.27 bits per heavy atom. The quantitative estimate of drug-likeness (QED) is 0.634. The van der Waals surface area contributed by atoms with Crippen LogP contribution in [0.2, 0.25) is 0 Å². The Morgan fingerprint density at radius 3 is 2.27 bits per heavy atom. The molecule has 0 aromatic heterocycles. The summed E-state index contributed by atoms with van der Waals surface area (Å²) >= 11 is 0. The van der Waals surface area contributed by atoms with Crippen LogP contribution in [0, 0.1) is 11.8 Å². The standard InChI is InChI=1S/C12H24N2O/c1-15-11(8-13)6-7-14-12(9-2-3-9)10-4-5-10/h9-12,14H,2-8,13H2,1H3. The van der Waals surface area contributed by atoms with Gasteiger partial charge in [0.25, 0.3) is 0 Å². The molecule has 2 aliphatic rings. The first-order valence-electron chi connectivity index (χ1n) is 6.31. The van der Waals surface area contributed by atoms with Crippen LogP contribution >= 0.6 is 0 Å². The number of ether oxygens (including phenoxy) is 1. The third kappa shape index (κ3) is 3.44. The third-order valence-electron chi connectivity index (χ3n) is 3.70. The second-order valence-corrected chi connectivity index (χ2v) is 5.04. The normalized spacial score (nSPS) is 23.4. The Morgan fingerprint density at radius 2 is 1.87 bits per heavy atom. The molecule has 0 spiro atoms. The van der Waals surface area contributed by atoms with Crippen molar-refractivity contribution in [2.75, 3.05) is 20.2 Å². The highest BCUT2D eigenvalue weighted by Gasteiger charge is 2.40. The lowest BCUT2D eigenvalue weighted by molar-refractivity contribution is 0.101. The molecule has 0 radical (unpaired) electrons. The topological polar surface area (TPSA) is 47.3 Å². The highest BCUT2D eigenvalue weighted by molar-refractivity contribution is 4.96. The molecular weight excluding hydrogens is 188 g/mol. The van der Waals surface area contributed by atoms with E-state index in [4.69, 9.17) is 10.5 Å². The molecule has 15 heavy (non-hydrogen) atoms. The van der Waals surface area contributed by atoms with E-state index in [0.29, 0.717) is 6.54 Å². The van der Waals surface area contributed by atoms with Crippen molar-refractivity contribution in [2.24, 2.45) is 17.6 Å². The van der Waals surface area contributed by atoms with Crippen LogP contribution in [-0.4, -0.2) is 32.3 Å². The molecule has 0 amide bonds. The molecular formula is C12H24N2O. The molecule has 0 aromatic carbocycles. The molecule has 0 saturated heterocycles. The Labute approximate surface area is 92.7 Å². The average Bonchev–Trinajstić information content (AvgIpc) is 3.12. The summed E-state index contributed by atoms with van der Waals surface area (Å²) in [6.07, 6.45) is 7.05. The van der Waals surface area contributed by atoms with Gasteiger partial charge in [-0.2, -0.15) is 0 Å². The maximum absolute atomic E-state index is 5.59. The van der Waals surface area contributed by atoms with Crippen molar-refractivity contribution in [1.82, 2.24) is 5.32 Å². The van der Waals surface area contributed by atoms with E-state index in [-0.39, 0.29) is 6.10 Å². The zero-order valence-electron chi connectivity index (χ0n) is 9.74. The van der Waals surface area contributed by atoms with Gasteiger partial charge in [-0.05, 0) is 50.5 Å². The van der Waals surface area contributed by atoms with Crippen molar-refractivity contribution in [1.29, 1.82) is 0 Å². The minimum absolute atomic E-state index is 0.233. The van der Waals surface area contributed by atoms with Gasteiger partial charge in [-0.25, -0.2) is 0 Å². The van der Waals surface area contributed by atoms with E-state index in [9.17, 15) is 0 Å². The minimum atomic E-state index is 0.233. The average molecular weight is 212 g/mol. The van der Waals surface area contributed by atoms with Crippen LogP contribution in [0.3, 0.4) is 0 Å². The zero-order valence-corrected chi connectivity index (χ0v) is 9.74. The minimum Gasteiger partial charge on any atom is -0.380 e. The maximum atomic E-state index is 5.59. The van der Waals surface area contributed by atoms with Gasteiger partial charge in [0.2, 0.25) is 0 Å². The van der Waals surface area contributed by atoms with Gasteiger partial charge in [-0.15, -0.1) is 0 Å². The number of nitrogens with one attached hydrogen (secondary N) is 1. The first-order valence-corrected chi connectivity index (χ1v) is 6.31. The van der Waals surface area contributed by atoms with Crippen LogP contribution < -0.4 is 11.1 Å². The number of hydrogen-bond acceptors (Lipinski definition) is 3. The lowest BCUT2D eigenvalue weighted by Gasteiger charge is -2.19. The van der Waals surface area contributed by atoms with E-state index in [1.807, 2.05) is 0 Å². The third-order valence-corrected chi connectivity index (χ3v) is 3.70. The molecule has 2 rings (SSSR count). The van der Waals surface area contributed by atoms with Crippen LogP contribution in [0.1, 0.15) is 32.1 Å². The van der Waals surface area contributed by atoms with E-state index in [1.165, 1.54) is 25.7 Å². The Hall–Kier alpha value is -0.120. The van der Waals surface area contributed by atoms with E-state index < -0.39 is 0 Å². The highest BCUT2D eigenvalue weighted by atomic mass is 16.5. The summed E-state index contributed by atoms with van der Waals surface area (Å²) in [6.45, 7) is 1.70. The van der Waals surface area contributed by atoms with Crippen molar-refractivity contribution in [3.63, 3.8) is 0 Å². The molecule has 1 unspecified atom stereocenters. The summed E-state index contributed by atoms with van der Waals surface area (Å²) in [5, 5.41) is 3.71. The Balaban J connectivity index is 1.62. The van der Waals surface area contributed by atoms with Crippen LogP contribution in [0.5, 0.6) is 0 Å². The number of rotatable bonds is 8. The first kappa shape index (κ1) is 11.4. The molecule has 2 fully saturated rings. The molecule has 2 saturated carbocycles. The Bertz CT molecular complexity index is 174. The van der Waals surface area contributed by atoms with Gasteiger partial charge in [-0.1, -0.05) is 0 Å². The van der Waals surface area contributed by atoms with Crippen LogP contribution in [0.15, 0.2) is 0 Å². The summed E-state index contributed by atoms with van der Waals surface area (Å²) in [5.41, 5.74) is 5.59. The fourth-order valence-corrected chi connectivity index (χ4v) is 2.37.